The summed E-state index contributed by atoms with van der Waals surface area (Å²) in [7, 11) is 0. The van der Waals surface area contributed by atoms with Crippen LogP contribution in [-0.2, 0) is 16.0 Å². The van der Waals surface area contributed by atoms with Crippen LogP contribution in [0.4, 0.5) is 0 Å². The Balaban J connectivity index is 1.58. The first-order chi connectivity index (χ1) is 13.0. The number of nitrogens with one attached hydrogen (secondary N) is 1. The van der Waals surface area contributed by atoms with E-state index in [2.05, 4.69) is 5.32 Å². The van der Waals surface area contributed by atoms with Gasteiger partial charge in [-0.15, -0.1) is 22.7 Å². The summed E-state index contributed by atoms with van der Waals surface area (Å²) in [6, 6.07) is 11.4. The van der Waals surface area contributed by atoms with Gasteiger partial charge in [0.05, 0.1) is 4.88 Å². The van der Waals surface area contributed by atoms with Crippen LogP contribution >= 0.6 is 22.7 Å². The molecule has 27 heavy (non-hydrogen) atoms. The maximum atomic E-state index is 12.4. The lowest BCUT2D eigenvalue weighted by molar-refractivity contribution is -0.118. The summed E-state index contributed by atoms with van der Waals surface area (Å²) in [6.07, 6.45) is 0.665. The fraction of sp³-hybridized carbons (Fsp3) is 0.250. The molecule has 2 heterocycles. The van der Waals surface area contributed by atoms with Gasteiger partial charge in [-0.2, -0.15) is 0 Å². The maximum absolute atomic E-state index is 12.4. The normalized spacial score (nSPS) is 10.7. The monoisotopic (exact) mass is 401 g/mol. The third-order valence-electron chi connectivity index (χ3n) is 4.05. The van der Waals surface area contributed by atoms with Crippen molar-refractivity contribution in [2.75, 3.05) is 13.2 Å². The Morgan fingerprint density at radius 1 is 1.07 bits per heavy atom. The summed E-state index contributed by atoms with van der Waals surface area (Å²) in [4.78, 5) is 37.6. The summed E-state index contributed by atoms with van der Waals surface area (Å²) in [5.74, 6) is -0.770. The summed E-state index contributed by atoms with van der Waals surface area (Å²) >= 11 is 2.73. The minimum atomic E-state index is -0.468. The van der Waals surface area contributed by atoms with E-state index in [9.17, 15) is 14.4 Å². The predicted octanol–water partition coefficient (Wildman–Crippen LogP) is 3.99. The van der Waals surface area contributed by atoms with Gasteiger partial charge in [-0.05, 0) is 42.5 Å². The van der Waals surface area contributed by atoms with Crippen LogP contribution in [0.1, 0.15) is 36.7 Å². The topological polar surface area (TPSA) is 72.5 Å². The van der Waals surface area contributed by atoms with E-state index < -0.39 is 5.97 Å². The van der Waals surface area contributed by atoms with Crippen LogP contribution in [0.3, 0.4) is 0 Å². The van der Waals surface area contributed by atoms with Gasteiger partial charge in [0.15, 0.2) is 6.61 Å². The zero-order valence-corrected chi connectivity index (χ0v) is 16.7. The van der Waals surface area contributed by atoms with Gasteiger partial charge in [-0.1, -0.05) is 18.2 Å². The highest BCUT2D eigenvalue weighted by atomic mass is 32.1. The average molecular weight is 402 g/mol. The third-order valence-corrected chi connectivity index (χ3v) is 6.48. The van der Waals surface area contributed by atoms with Crippen molar-refractivity contribution < 1.29 is 19.1 Å². The quantitative estimate of drug-likeness (QED) is 0.480. The molecule has 0 spiro atoms. The van der Waals surface area contributed by atoms with Crippen molar-refractivity contribution in [3.8, 4) is 0 Å². The summed E-state index contributed by atoms with van der Waals surface area (Å²) in [6.45, 7) is 3.61. The first kappa shape index (κ1) is 19.3. The van der Waals surface area contributed by atoms with Crippen molar-refractivity contribution in [2.45, 2.75) is 20.3 Å². The average Bonchev–Trinajstić information content (AvgIpc) is 3.24. The number of esters is 1. The molecule has 3 rings (SSSR count). The molecule has 0 aliphatic carbocycles. The molecule has 1 N–H and O–H groups in total. The van der Waals surface area contributed by atoms with Gasteiger partial charge in [-0.3, -0.25) is 9.59 Å². The van der Waals surface area contributed by atoms with E-state index in [0.717, 1.165) is 20.5 Å². The molecule has 0 bridgehead atoms. The second-order valence-corrected chi connectivity index (χ2v) is 8.27. The van der Waals surface area contributed by atoms with E-state index in [1.54, 1.807) is 6.07 Å². The number of aryl methyl sites for hydroxylation is 1. The number of hydrogen-bond acceptors (Lipinski definition) is 6. The molecule has 0 saturated carbocycles. The van der Waals surface area contributed by atoms with Crippen LogP contribution in [0.25, 0.3) is 10.1 Å². The molecule has 2 aromatic heterocycles. The smallest absolute Gasteiger partial charge is 0.349 e. The van der Waals surface area contributed by atoms with E-state index in [0.29, 0.717) is 22.7 Å². The molecule has 0 unspecified atom stereocenters. The summed E-state index contributed by atoms with van der Waals surface area (Å²) < 4.78 is 6.27. The Morgan fingerprint density at radius 3 is 2.59 bits per heavy atom. The lowest BCUT2D eigenvalue weighted by Gasteiger charge is -2.02. The molecule has 140 valence electrons. The number of carbonyl (C=O) groups excluding carboxylic acids is 3. The number of thiophene rings is 2. The van der Waals surface area contributed by atoms with Crippen LogP contribution in [0.15, 0.2) is 36.4 Å². The third kappa shape index (κ3) is 4.61. The first-order valence-electron chi connectivity index (χ1n) is 8.47. The van der Waals surface area contributed by atoms with E-state index in [1.807, 2.05) is 37.3 Å². The highest BCUT2D eigenvalue weighted by molar-refractivity contribution is 7.21. The molecule has 3 aromatic rings. The Kier molecular flexibility index (Phi) is 6.03. The molecule has 1 amide bonds. The molecule has 0 fully saturated rings. The maximum Gasteiger partial charge on any atom is 0.349 e. The highest BCUT2D eigenvalue weighted by Gasteiger charge is 2.18. The molecule has 0 saturated heterocycles. The fourth-order valence-electron chi connectivity index (χ4n) is 2.66. The van der Waals surface area contributed by atoms with E-state index >= 15 is 0 Å². The van der Waals surface area contributed by atoms with Crippen LogP contribution < -0.4 is 5.32 Å². The molecule has 0 aliphatic heterocycles. The Labute approximate surface area is 165 Å². The molecule has 0 radical (unpaired) electrons. The molecular weight excluding hydrogens is 382 g/mol. The largest absolute Gasteiger partial charge is 0.453 e. The number of benzene rings is 1. The first-order valence-corrected chi connectivity index (χ1v) is 10.1. The number of carbonyl (C=O) groups is 3. The number of rotatable bonds is 7. The predicted molar refractivity (Wildman–Crippen MR) is 108 cm³/mol. The fourth-order valence-corrected chi connectivity index (χ4v) is 4.70. The van der Waals surface area contributed by atoms with Crippen LogP contribution in [0.2, 0.25) is 0 Å². The lowest BCUT2D eigenvalue weighted by atomic mass is 10.1. The standard InChI is InChI=1S/C20H19NO4S2/c1-12-15-5-3-4-6-17(15)27-19(12)20(24)25-11-16(23)18-8-7-14(26-18)9-10-21-13(2)22/h3-8H,9-11H2,1-2H3,(H,21,22). The number of ether oxygens (including phenoxy) is 1. The van der Waals surface area contributed by atoms with E-state index in [-0.39, 0.29) is 18.3 Å². The molecule has 0 aliphatic rings. The van der Waals surface area contributed by atoms with Crippen LogP contribution in [-0.4, -0.2) is 30.8 Å². The van der Waals surface area contributed by atoms with Crippen LogP contribution in [0, 0.1) is 6.92 Å². The number of fused-ring (bicyclic) bond motifs is 1. The number of amides is 1. The second-order valence-electron chi connectivity index (χ2n) is 6.05. The number of Topliss-reactive ketones (excluding diaryl/α,β-unsaturated/α-hetero) is 1. The molecule has 0 atom stereocenters. The summed E-state index contributed by atoms with van der Waals surface area (Å²) in [5.41, 5.74) is 0.879. The van der Waals surface area contributed by atoms with Gasteiger partial charge >= 0.3 is 5.97 Å². The Hall–Kier alpha value is -2.51. The van der Waals surface area contributed by atoms with E-state index in [1.165, 1.54) is 29.6 Å². The van der Waals surface area contributed by atoms with Gasteiger partial charge in [0.25, 0.3) is 0 Å². The molecule has 1 aromatic carbocycles. The number of ketones is 1. The van der Waals surface area contributed by atoms with Gasteiger partial charge in [0.2, 0.25) is 11.7 Å². The Morgan fingerprint density at radius 2 is 1.85 bits per heavy atom. The Bertz CT molecular complexity index is 1000. The minimum Gasteiger partial charge on any atom is -0.453 e. The van der Waals surface area contributed by atoms with E-state index in [4.69, 9.17) is 4.74 Å². The van der Waals surface area contributed by atoms with Gasteiger partial charge in [0, 0.05) is 23.0 Å². The van der Waals surface area contributed by atoms with Crippen molar-refractivity contribution >= 4 is 50.4 Å². The molecule has 5 nitrogen and oxygen atoms in total. The zero-order valence-electron chi connectivity index (χ0n) is 15.0. The van der Waals surface area contributed by atoms with Gasteiger partial charge in [0.1, 0.15) is 4.88 Å². The summed E-state index contributed by atoms with van der Waals surface area (Å²) in [5, 5.41) is 3.75. The van der Waals surface area contributed by atoms with Crippen molar-refractivity contribution in [3.05, 3.63) is 56.6 Å². The second kappa shape index (κ2) is 8.45. The highest BCUT2D eigenvalue weighted by Crippen LogP contribution is 2.31. The van der Waals surface area contributed by atoms with Crippen molar-refractivity contribution in [3.63, 3.8) is 0 Å². The van der Waals surface area contributed by atoms with Gasteiger partial charge < -0.3 is 10.1 Å². The van der Waals surface area contributed by atoms with Crippen LogP contribution in [0.5, 0.6) is 0 Å². The lowest BCUT2D eigenvalue weighted by Crippen LogP contribution is -2.22. The SMILES string of the molecule is CC(=O)NCCc1ccc(C(=O)COC(=O)c2sc3ccccc3c2C)s1. The van der Waals surface area contributed by atoms with Gasteiger partial charge in [-0.25, -0.2) is 4.79 Å². The minimum absolute atomic E-state index is 0.0775. The van der Waals surface area contributed by atoms with Crippen molar-refractivity contribution in [1.82, 2.24) is 5.32 Å². The molecule has 7 heteroatoms. The van der Waals surface area contributed by atoms with Crippen molar-refractivity contribution in [2.24, 2.45) is 0 Å². The molecular formula is C20H19NO4S2. The van der Waals surface area contributed by atoms with Crippen molar-refractivity contribution in [1.29, 1.82) is 0 Å². The zero-order chi connectivity index (χ0) is 19.4. The number of hydrogen-bond donors (Lipinski definition) is 1.